The molecule has 10 nitrogen and oxygen atoms in total. The molecule has 0 spiro atoms. The van der Waals surface area contributed by atoms with E-state index in [1.54, 1.807) is 0 Å². The Kier molecular flexibility index (Phi) is 6.37. The number of carbonyl (C=O) groups is 2. The molecule has 1 aromatic carbocycles. The van der Waals surface area contributed by atoms with E-state index in [0.29, 0.717) is 12.8 Å². The Morgan fingerprint density at radius 1 is 1.24 bits per heavy atom. The number of hydrogen-bond donors (Lipinski definition) is 3. The molecule has 0 aliphatic heterocycles. The van der Waals surface area contributed by atoms with E-state index in [0.717, 1.165) is 24.3 Å². The highest BCUT2D eigenvalue weighted by molar-refractivity contribution is 7.92. The van der Waals surface area contributed by atoms with E-state index in [1.807, 2.05) is 0 Å². The molecule has 1 aromatic heterocycles. The summed E-state index contributed by atoms with van der Waals surface area (Å²) in [6.07, 6.45) is 2.05. The molecule has 3 unspecified atom stereocenters. The van der Waals surface area contributed by atoms with Gasteiger partial charge < -0.3 is 16.2 Å². The molecule has 3 atom stereocenters. The van der Waals surface area contributed by atoms with Crippen molar-refractivity contribution in [2.24, 2.45) is 17.6 Å². The topological polar surface area (TPSA) is 168 Å². The molecule has 2 aromatic rings. The van der Waals surface area contributed by atoms with Crippen LogP contribution in [0.2, 0.25) is 0 Å². The lowest BCUT2D eigenvalue weighted by molar-refractivity contribution is -0.143. The predicted molar refractivity (Wildman–Crippen MR) is 107 cm³/mol. The highest BCUT2D eigenvalue weighted by atomic mass is 32.2. The first-order valence-corrected chi connectivity index (χ1v) is 11.0. The minimum absolute atomic E-state index is 0.0500. The zero-order valence-electron chi connectivity index (χ0n) is 16.8. The molecule has 3 rings (SSSR count). The van der Waals surface area contributed by atoms with Crippen LogP contribution in [-0.2, 0) is 14.6 Å². The molecule has 0 radical (unpaired) electrons. The number of aliphatic carboxylic acids is 1. The molecular weight excluding hydrogens is 467 g/mol. The average Bonchev–Trinajstić information content (AvgIpc) is 3.16. The molecule has 14 heteroatoms. The van der Waals surface area contributed by atoms with Crippen LogP contribution < -0.4 is 11.1 Å². The Labute approximate surface area is 185 Å². The first kappa shape index (κ1) is 24.1. The largest absolute Gasteiger partial charge is 0.501 e. The normalized spacial score (nSPS) is 21.2. The van der Waals surface area contributed by atoms with E-state index in [-0.39, 0.29) is 23.5 Å². The minimum atomic E-state index is -5.51. The second kappa shape index (κ2) is 8.74. The van der Waals surface area contributed by atoms with Crippen LogP contribution in [0.5, 0.6) is 0 Å². The average molecular weight is 485 g/mol. The fourth-order valence-corrected chi connectivity index (χ4v) is 4.42. The van der Waals surface area contributed by atoms with Crippen molar-refractivity contribution < 1.29 is 36.3 Å². The monoisotopic (exact) mass is 485 g/mol. The number of alkyl halides is 3. The number of rotatable bonds is 6. The number of nitrogens with one attached hydrogen (secondary N) is 1. The number of nitrogens with zero attached hydrogens (tertiary/aromatic N) is 3. The van der Waals surface area contributed by atoms with Gasteiger partial charge in [0.05, 0.1) is 28.8 Å². The summed E-state index contributed by atoms with van der Waals surface area (Å²) in [5.74, 6) is -3.26. The first-order valence-electron chi connectivity index (χ1n) is 9.55. The highest BCUT2D eigenvalue weighted by Crippen LogP contribution is 2.38. The number of sulfone groups is 1. The summed E-state index contributed by atoms with van der Waals surface area (Å²) in [4.78, 5) is 22.2. The predicted octanol–water partition coefficient (Wildman–Crippen LogP) is 2.58. The lowest BCUT2D eigenvalue weighted by Crippen LogP contribution is -2.30. The third kappa shape index (κ3) is 4.77. The van der Waals surface area contributed by atoms with Gasteiger partial charge in [0.15, 0.2) is 5.82 Å². The number of aromatic nitrogens is 2. The van der Waals surface area contributed by atoms with Gasteiger partial charge >= 0.3 is 11.5 Å². The fraction of sp³-hybridized carbons (Fsp3) is 0.368. The van der Waals surface area contributed by atoms with Crippen LogP contribution in [0.15, 0.2) is 35.4 Å². The maximum Gasteiger partial charge on any atom is 0.501 e. The van der Waals surface area contributed by atoms with Gasteiger partial charge in [0.1, 0.15) is 5.56 Å². The third-order valence-corrected chi connectivity index (χ3v) is 6.90. The van der Waals surface area contributed by atoms with Gasteiger partial charge in [0, 0.05) is 11.9 Å². The number of nitrogens with two attached hydrogens (primary N) is 1. The second-order valence-electron chi connectivity index (χ2n) is 7.49. The lowest BCUT2D eigenvalue weighted by atomic mass is 9.79. The first-order chi connectivity index (χ1) is 15.3. The summed E-state index contributed by atoms with van der Waals surface area (Å²) < 4.78 is 62.4. The Bertz CT molecular complexity index is 1220. The number of carboxylic acid groups (broad SMARTS) is 1. The van der Waals surface area contributed by atoms with Crippen LogP contribution in [0, 0.1) is 23.2 Å². The summed E-state index contributed by atoms with van der Waals surface area (Å²) in [6, 6.07) is 5.20. The number of nitriles is 1. The molecule has 0 bridgehead atoms. The van der Waals surface area contributed by atoms with Crippen molar-refractivity contribution in [3.63, 3.8) is 0 Å². The van der Waals surface area contributed by atoms with E-state index >= 15 is 0 Å². The van der Waals surface area contributed by atoms with Crippen LogP contribution in [0.4, 0.5) is 24.7 Å². The van der Waals surface area contributed by atoms with Crippen LogP contribution in [0.3, 0.4) is 0 Å². The van der Waals surface area contributed by atoms with Crippen molar-refractivity contribution in [1.82, 2.24) is 9.78 Å². The summed E-state index contributed by atoms with van der Waals surface area (Å²) >= 11 is 0. The number of primary amides is 1. The van der Waals surface area contributed by atoms with Gasteiger partial charge in [-0.3, -0.25) is 14.3 Å². The molecule has 1 aliphatic carbocycles. The summed E-state index contributed by atoms with van der Waals surface area (Å²) in [5.41, 5.74) is 0.00637. The molecule has 4 N–H and O–H groups in total. The summed E-state index contributed by atoms with van der Waals surface area (Å²) in [5, 5.41) is 25.6. The minimum Gasteiger partial charge on any atom is -0.481 e. The number of carbonyl (C=O) groups excluding carboxylic acids is 1. The Morgan fingerprint density at radius 3 is 2.39 bits per heavy atom. The zero-order valence-corrected chi connectivity index (χ0v) is 17.6. The Hall–Kier alpha value is -3.60. The van der Waals surface area contributed by atoms with E-state index < -0.39 is 50.0 Å². The maximum absolute atomic E-state index is 12.7. The number of halogens is 3. The van der Waals surface area contributed by atoms with Gasteiger partial charge in [0.25, 0.3) is 15.7 Å². The molecule has 1 fully saturated rings. The second-order valence-corrected chi connectivity index (χ2v) is 9.43. The third-order valence-electron chi connectivity index (χ3n) is 5.40. The van der Waals surface area contributed by atoms with Crippen LogP contribution in [-0.4, -0.2) is 40.7 Å². The van der Waals surface area contributed by atoms with Crippen LogP contribution in [0.25, 0.3) is 0 Å². The van der Waals surface area contributed by atoms with Gasteiger partial charge in [-0.15, -0.1) is 0 Å². The van der Waals surface area contributed by atoms with Gasteiger partial charge in [0.2, 0.25) is 0 Å². The Balaban J connectivity index is 1.87. The molecule has 176 valence electrons. The standard InChI is InChI=1S/C19H18F3N5O5S/c20-19(21,22)33(31,32)13-4-2-12(3-5-13)25-17-14(16(24)28)9-27(26-17)15-6-1-10(18(29)30)7-11(15)8-23/h2-5,9-11,15H,1,6-7H2,(H2,24,28)(H,25,26)(H,29,30). The maximum atomic E-state index is 12.7. The van der Waals surface area contributed by atoms with Crippen molar-refractivity contribution in [1.29, 1.82) is 5.26 Å². The number of hydrogen-bond acceptors (Lipinski definition) is 7. The SMILES string of the molecule is N#CC1CC(C(=O)O)CCC1n1cc(C(N)=O)c(Nc2ccc(S(=O)(=O)C(F)(F)F)cc2)n1. The van der Waals surface area contributed by atoms with Crippen molar-refractivity contribution in [2.75, 3.05) is 5.32 Å². The molecule has 1 aliphatic rings. The quantitative estimate of drug-likeness (QED) is 0.561. The van der Waals surface area contributed by atoms with Gasteiger partial charge in [-0.2, -0.15) is 23.5 Å². The van der Waals surface area contributed by atoms with E-state index in [4.69, 9.17) is 5.73 Å². The zero-order chi connectivity index (χ0) is 24.6. The summed E-state index contributed by atoms with van der Waals surface area (Å²) in [6.45, 7) is 0. The van der Waals surface area contributed by atoms with Gasteiger partial charge in [-0.1, -0.05) is 0 Å². The molecule has 1 heterocycles. The van der Waals surface area contributed by atoms with E-state index in [9.17, 15) is 41.5 Å². The van der Waals surface area contributed by atoms with Gasteiger partial charge in [-0.05, 0) is 43.5 Å². The molecular formula is C19H18F3N5O5S. The molecule has 33 heavy (non-hydrogen) atoms. The van der Waals surface area contributed by atoms with Gasteiger partial charge in [-0.25, -0.2) is 8.42 Å². The van der Waals surface area contributed by atoms with E-state index in [1.165, 1.54) is 10.9 Å². The molecule has 1 amide bonds. The smallest absolute Gasteiger partial charge is 0.481 e. The van der Waals surface area contributed by atoms with Crippen LogP contribution >= 0.6 is 0 Å². The fourth-order valence-electron chi connectivity index (χ4n) is 3.66. The van der Waals surface area contributed by atoms with Crippen molar-refractivity contribution in [3.05, 3.63) is 36.0 Å². The number of benzene rings is 1. The van der Waals surface area contributed by atoms with Crippen molar-refractivity contribution in [2.45, 2.75) is 35.7 Å². The number of anilines is 2. The number of carboxylic acids is 1. The van der Waals surface area contributed by atoms with E-state index in [2.05, 4.69) is 16.5 Å². The molecule has 1 saturated carbocycles. The lowest BCUT2D eigenvalue weighted by Gasteiger charge is -2.30. The molecule has 0 saturated heterocycles. The highest BCUT2D eigenvalue weighted by Gasteiger charge is 2.46. The summed E-state index contributed by atoms with van der Waals surface area (Å²) in [7, 11) is -5.51. The van der Waals surface area contributed by atoms with Crippen LogP contribution in [0.1, 0.15) is 35.7 Å². The number of amides is 1. The Morgan fingerprint density at radius 2 is 1.88 bits per heavy atom. The van der Waals surface area contributed by atoms with Crippen molar-refractivity contribution >= 4 is 33.2 Å². The van der Waals surface area contributed by atoms with Crippen molar-refractivity contribution in [3.8, 4) is 6.07 Å².